The molecule has 9 heteroatoms. The molecule has 0 aliphatic rings. The van der Waals surface area contributed by atoms with E-state index < -0.39 is 15.9 Å². The summed E-state index contributed by atoms with van der Waals surface area (Å²) in [6.45, 7) is 7.38. The SMILES string of the molecule is CCN(CC)S(=O)(=O)c1c(C)nn(C(=O)c2ccc(OC)c(OC)c2)c1C. The van der Waals surface area contributed by atoms with Gasteiger partial charge in [0.05, 0.1) is 25.6 Å². The van der Waals surface area contributed by atoms with Gasteiger partial charge in [0.2, 0.25) is 10.0 Å². The number of sulfonamides is 1. The monoisotopic (exact) mass is 395 g/mol. The molecule has 0 radical (unpaired) electrons. The Morgan fingerprint density at radius 3 is 2.22 bits per heavy atom. The maximum absolute atomic E-state index is 12.9. The normalized spacial score (nSPS) is 11.7. The summed E-state index contributed by atoms with van der Waals surface area (Å²) in [5.74, 6) is 0.450. The van der Waals surface area contributed by atoms with E-state index in [1.165, 1.54) is 24.6 Å². The van der Waals surface area contributed by atoms with E-state index in [1.807, 2.05) is 0 Å². The highest BCUT2D eigenvalue weighted by Crippen LogP contribution is 2.29. The average Bonchev–Trinajstić information content (AvgIpc) is 2.96. The third-order valence-corrected chi connectivity index (χ3v) is 6.65. The number of hydrogen-bond donors (Lipinski definition) is 0. The van der Waals surface area contributed by atoms with Gasteiger partial charge in [0.25, 0.3) is 5.91 Å². The quantitative estimate of drug-likeness (QED) is 0.714. The molecule has 0 unspecified atom stereocenters. The van der Waals surface area contributed by atoms with E-state index in [2.05, 4.69) is 5.10 Å². The fourth-order valence-electron chi connectivity index (χ4n) is 2.98. The molecule has 8 nitrogen and oxygen atoms in total. The Kier molecular flexibility index (Phi) is 6.27. The third kappa shape index (κ3) is 3.70. The lowest BCUT2D eigenvalue weighted by molar-refractivity contribution is 0.0941. The van der Waals surface area contributed by atoms with E-state index >= 15 is 0 Å². The Morgan fingerprint density at radius 1 is 1.11 bits per heavy atom. The predicted octanol–water partition coefficient (Wildman–Crippen LogP) is 2.24. The van der Waals surface area contributed by atoms with Gasteiger partial charge in [-0.05, 0) is 32.0 Å². The highest BCUT2D eigenvalue weighted by molar-refractivity contribution is 7.89. The van der Waals surface area contributed by atoms with Crippen LogP contribution in [0.3, 0.4) is 0 Å². The van der Waals surface area contributed by atoms with Gasteiger partial charge in [-0.25, -0.2) is 8.42 Å². The number of rotatable bonds is 7. The van der Waals surface area contributed by atoms with Crippen molar-refractivity contribution in [3.8, 4) is 11.5 Å². The van der Waals surface area contributed by atoms with Gasteiger partial charge in [-0.3, -0.25) is 4.79 Å². The Bertz CT molecular complexity index is 946. The van der Waals surface area contributed by atoms with E-state index in [4.69, 9.17) is 9.47 Å². The fraction of sp³-hybridized carbons (Fsp3) is 0.444. The van der Waals surface area contributed by atoms with Gasteiger partial charge in [0, 0.05) is 18.7 Å². The molecule has 1 aromatic heterocycles. The Balaban J connectivity index is 2.55. The number of aromatic nitrogens is 2. The van der Waals surface area contributed by atoms with Crippen LogP contribution in [0.25, 0.3) is 0 Å². The maximum Gasteiger partial charge on any atom is 0.278 e. The van der Waals surface area contributed by atoms with Gasteiger partial charge in [-0.1, -0.05) is 13.8 Å². The summed E-state index contributed by atoms with van der Waals surface area (Å²) in [5.41, 5.74) is 0.873. The molecule has 0 aliphatic carbocycles. The molecule has 0 spiro atoms. The van der Waals surface area contributed by atoms with Gasteiger partial charge < -0.3 is 9.47 Å². The molecule has 148 valence electrons. The van der Waals surface area contributed by atoms with Crippen molar-refractivity contribution in [3.63, 3.8) is 0 Å². The zero-order valence-corrected chi connectivity index (χ0v) is 17.3. The zero-order valence-electron chi connectivity index (χ0n) is 16.4. The van der Waals surface area contributed by atoms with Crippen LogP contribution in [-0.4, -0.2) is 55.7 Å². The minimum atomic E-state index is -3.73. The van der Waals surface area contributed by atoms with Crippen molar-refractivity contribution in [2.24, 2.45) is 0 Å². The van der Waals surface area contributed by atoms with E-state index in [0.717, 1.165) is 4.68 Å². The summed E-state index contributed by atoms with van der Waals surface area (Å²) in [7, 11) is -0.747. The number of methoxy groups -OCH3 is 2. The third-order valence-electron chi connectivity index (χ3n) is 4.35. The van der Waals surface area contributed by atoms with E-state index in [1.54, 1.807) is 39.8 Å². The molecule has 0 amide bonds. The van der Waals surface area contributed by atoms with Crippen LogP contribution in [0.2, 0.25) is 0 Å². The van der Waals surface area contributed by atoms with Gasteiger partial charge >= 0.3 is 0 Å². The Hall–Kier alpha value is -2.39. The van der Waals surface area contributed by atoms with Gasteiger partial charge in [-0.2, -0.15) is 14.1 Å². The molecule has 0 aliphatic heterocycles. The summed E-state index contributed by atoms with van der Waals surface area (Å²) in [5, 5.41) is 4.19. The van der Waals surface area contributed by atoms with Crippen LogP contribution in [0.15, 0.2) is 23.1 Å². The second-order valence-corrected chi connectivity index (χ2v) is 7.75. The first-order valence-corrected chi connectivity index (χ1v) is 9.99. The number of nitrogens with zero attached hydrogens (tertiary/aromatic N) is 3. The largest absolute Gasteiger partial charge is 0.493 e. The van der Waals surface area contributed by atoms with Crippen LogP contribution < -0.4 is 9.47 Å². The minimum Gasteiger partial charge on any atom is -0.493 e. The second kappa shape index (κ2) is 8.10. The number of benzene rings is 1. The summed E-state index contributed by atoms with van der Waals surface area (Å²) < 4.78 is 38.7. The predicted molar refractivity (Wildman–Crippen MR) is 101 cm³/mol. The number of ether oxygens (including phenoxy) is 2. The van der Waals surface area contributed by atoms with Gasteiger partial charge in [0.1, 0.15) is 4.90 Å². The van der Waals surface area contributed by atoms with Gasteiger partial charge in [-0.15, -0.1) is 0 Å². The molecule has 0 saturated carbocycles. The smallest absolute Gasteiger partial charge is 0.278 e. The van der Waals surface area contributed by atoms with Crippen molar-refractivity contribution in [1.29, 1.82) is 0 Å². The second-order valence-electron chi connectivity index (χ2n) is 5.88. The van der Waals surface area contributed by atoms with Crippen molar-refractivity contribution in [2.75, 3.05) is 27.3 Å². The molecule has 0 atom stereocenters. The summed E-state index contributed by atoms with van der Waals surface area (Å²) >= 11 is 0. The molecule has 0 saturated heterocycles. The van der Waals surface area contributed by atoms with Crippen LogP contribution in [0.1, 0.15) is 35.6 Å². The zero-order chi connectivity index (χ0) is 20.4. The Labute approximate surface area is 159 Å². The van der Waals surface area contributed by atoms with Crippen LogP contribution in [-0.2, 0) is 10.0 Å². The number of carbonyl (C=O) groups excluding carboxylic acids is 1. The molecule has 1 aromatic carbocycles. The molecule has 1 heterocycles. The van der Waals surface area contributed by atoms with Crippen LogP contribution in [0, 0.1) is 13.8 Å². The van der Waals surface area contributed by atoms with E-state index in [9.17, 15) is 13.2 Å². The van der Waals surface area contributed by atoms with E-state index in [-0.39, 0.29) is 16.3 Å². The number of carbonyl (C=O) groups is 1. The van der Waals surface area contributed by atoms with Gasteiger partial charge in [0.15, 0.2) is 11.5 Å². The first-order valence-electron chi connectivity index (χ1n) is 8.55. The first-order chi connectivity index (χ1) is 12.7. The lowest BCUT2D eigenvalue weighted by atomic mass is 10.2. The lowest BCUT2D eigenvalue weighted by Gasteiger charge is -2.18. The summed E-state index contributed by atoms with van der Waals surface area (Å²) in [4.78, 5) is 13.0. The van der Waals surface area contributed by atoms with Crippen LogP contribution in [0.5, 0.6) is 11.5 Å². The molecule has 27 heavy (non-hydrogen) atoms. The minimum absolute atomic E-state index is 0.0695. The van der Waals surface area contributed by atoms with Crippen molar-refractivity contribution in [2.45, 2.75) is 32.6 Å². The molecule has 0 fully saturated rings. The van der Waals surface area contributed by atoms with Crippen molar-refractivity contribution >= 4 is 15.9 Å². The number of hydrogen-bond acceptors (Lipinski definition) is 6. The van der Waals surface area contributed by atoms with Crippen molar-refractivity contribution < 1.29 is 22.7 Å². The number of aryl methyl sites for hydroxylation is 1. The van der Waals surface area contributed by atoms with Crippen molar-refractivity contribution in [1.82, 2.24) is 14.1 Å². The average molecular weight is 395 g/mol. The molecular weight excluding hydrogens is 370 g/mol. The van der Waals surface area contributed by atoms with Crippen LogP contribution in [0.4, 0.5) is 0 Å². The molecule has 0 bridgehead atoms. The molecular formula is C18H25N3O5S. The summed E-state index contributed by atoms with van der Waals surface area (Å²) in [6.07, 6.45) is 0. The molecule has 2 rings (SSSR count). The lowest BCUT2D eigenvalue weighted by Crippen LogP contribution is -2.31. The molecule has 0 N–H and O–H groups in total. The maximum atomic E-state index is 12.9. The summed E-state index contributed by atoms with van der Waals surface area (Å²) in [6, 6.07) is 4.74. The Morgan fingerprint density at radius 2 is 1.70 bits per heavy atom. The first kappa shape index (κ1) is 20.9. The van der Waals surface area contributed by atoms with Crippen molar-refractivity contribution in [3.05, 3.63) is 35.2 Å². The highest BCUT2D eigenvalue weighted by atomic mass is 32.2. The highest BCUT2D eigenvalue weighted by Gasteiger charge is 2.31. The van der Waals surface area contributed by atoms with Crippen LogP contribution >= 0.6 is 0 Å². The fourth-order valence-corrected chi connectivity index (χ4v) is 4.80. The molecule has 2 aromatic rings. The standard InChI is InChI=1S/C18H25N3O5S/c1-7-20(8-2)27(23,24)17-12(3)19-21(13(17)4)18(22)14-9-10-15(25-5)16(11-14)26-6/h9-11H,7-8H2,1-6H3. The van der Waals surface area contributed by atoms with E-state index in [0.29, 0.717) is 30.2 Å². The topological polar surface area (TPSA) is 90.7 Å².